The number of hydrogen-bond donors (Lipinski definition) is 2. The Morgan fingerprint density at radius 3 is 2.93 bits per heavy atom. The Morgan fingerprint density at radius 2 is 2.22 bits per heavy atom. The third kappa shape index (κ3) is 4.15. The van der Waals surface area contributed by atoms with Crippen molar-refractivity contribution in [3.8, 4) is 11.6 Å². The van der Waals surface area contributed by atoms with E-state index in [1.54, 1.807) is 24.3 Å². The highest BCUT2D eigenvalue weighted by molar-refractivity contribution is 7.73. The normalized spacial score (nSPS) is 14.4. The van der Waals surface area contributed by atoms with Crippen LogP contribution in [0.4, 0.5) is 0 Å². The molecule has 1 aromatic heterocycles. The van der Waals surface area contributed by atoms with Gasteiger partial charge in [0.25, 0.3) is 5.91 Å². The minimum absolute atomic E-state index is 0.0578. The third-order valence-electron chi connectivity index (χ3n) is 3.82. The second kappa shape index (κ2) is 7.85. The van der Waals surface area contributed by atoms with Gasteiger partial charge in [0.15, 0.2) is 3.95 Å². The molecule has 9 heteroatoms. The lowest BCUT2D eigenvalue weighted by Gasteiger charge is -2.06. The molecular formula is C18H16N2O5S2. The molecule has 3 rings (SSSR count). The van der Waals surface area contributed by atoms with Crippen molar-refractivity contribution in [2.45, 2.75) is 19.9 Å². The Hall–Kier alpha value is -2.78. The van der Waals surface area contributed by atoms with Crippen molar-refractivity contribution in [2.24, 2.45) is 4.99 Å². The lowest BCUT2D eigenvalue weighted by Crippen LogP contribution is -2.30. The zero-order chi connectivity index (χ0) is 19.6. The van der Waals surface area contributed by atoms with Crippen LogP contribution in [0.15, 0.2) is 28.8 Å². The van der Waals surface area contributed by atoms with Crippen LogP contribution in [-0.2, 0) is 16.1 Å². The minimum atomic E-state index is -0.987. The number of aromatic nitrogens is 1. The number of nitrogens with zero attached hydrogens (tertiary/aromatic N) is 2. The van der Waals surface area contributed by atoms with Gasteiger partial charge in [-0.25, -0.2) is 4.99 Å². The molecule has 0 atom stereocenters. The number of aromatic hydroxyl groups is 1. The molecule has 2 aromatic rings. The average molecular weight is 404 g/mol. The smallest absolute Gasteiger partial charge is 0.305 e. The minimum Gasteiger partial charge on any atom is -0.494 e. The van der Waals surface area contributed by atoms with Crippen molar-refractivity contribution in [1.82, 2.24) is 4.57 Å². The lowest BCUT2D eigenvalue weighted by atomic mass is 10.1. The van der Waals surface area contributed by atoms with Crippen molar-refractivity contribution in [3.05, 3.63) is 43.2 Å². The number of carbonyl (C=O) groups is 2. The number of amides is 1. The molecule has 0 saturated heterocycles. The van der Waals surface area contributed by atoms with Gasteiger partial charge >= 0.3 is 5.97 Å². The molecule has 2 N–H and O–H groups in total. The van der Waals surface area contributed by atoms with Gasteiger partial charge in [-0.1, -0.05) is 0 Å². The van der Waals surface area contributed by atoms with Crippen molar-refractivity contribution < 1.29 is 24.5 Å². The van der Waals surface area contributed by atoms with Gasteiger partial charge in [-0.2, -0.15) is 0 Å². The van der Waals surface area contributed by atoms with E-state index in [0.29, 0.717) is 32.1 Å². The summed E-state index contributed by atoms with van der Waals surface area (Å²) in [5, 5.41) is 20.4. The maximum atomic E-state index is 12.3. The molecule has 1 aliphatic heterocycles. The Bertz CT molecular complexity index is 1130. The Kier molecular flexibility index (Phi) is 5.52. The lowest BCUT2D eigenvalue weighted by molar-refractivity contribution is -0.137. The van der Waals surface area contributed by atoms with Gasteiger partial charge in [-0.05, 0) is 49.5 Å². The molecule has 0 fully saturated rings. The number of hydrogen-bond acceptors (Lipinski definition) is 6. The van der Waals surface area contributed by atoms with E-state index >= 15 is 0 Å². The predicted molar refractivity (Wildman–Crippen MR) is 103 cm³/mol. The number of aliphatic carboxylic acids is 1. The monoisotopic (exact) mass is 404 g/mol. The van der Waals surface area contributed by atoms with Gasteiger partial charge in [-0.15, -0.1) is 11.3 Å². The van der Waals surface area contributed by atoms with Crippen LogP contribution in [0, 0.1) is 3.95 Å². The average Bonchev–Trinajstić information content (AvgIpc) is 2.87. The molecule has 0 bridgehead atoms. The van der Waals surface area contributed by atoms with E-state index in [-0.39, 0.29) is 18.8 Å². The van der Waals surface area contributed by atoms with Crippen LogP contribution < -0.4 is 15.3 Å². The number of carbonyl (C=O) groups excluding carboxylic acids is 1. The van der Waals surface area contributed by atoms with Gasteiger partial charge in [0.05, 0.1) is 23.3 Å². The second-order valence-corrected chi connectivity index (χ2v) is 7.34. The van der Waals surface area contributed by atoms with E-state index in [1.807, 2.05) is 6.92 Å². The highest BCUT2D eigenvalue weighted by Crippen LogP contribution is 2.29. The Morgan fingerprint density at radius 1 is 1.44 bits per heavy atom. The van der Waals surface area contributed by atoms with E-state index in [2.05, 4.69) is 4.99 Å². The van der Waals surface area contributed by atoms with E-state index in [1.165, 1.54) is 10.6 Å². The largest absolute Gasteiger partial charge is 0.494 e. The first-order valence-electron chi connectivity index (χ1n) is 8.12. The summed E-state index contributed by atoms with van der Waals surface area (Å²) in [6.07, 6.45) is 3.02. The Balaban J connectivity index is 2.01. The quantitative estimate of drug-likeness (QED) is 0.563. The Labute approximate surface area is 163 Å². The molecule has 0 radical (unpaired) electrons. The zero-order valence-corrected chi connectivity index (χ0v) is 16.0. The summed E-state index contributed by atoms with van der Waals surface area (Å²) in [4.78, 5) is 27.5. The van der Waals surface area contributed by atoms with Crippen LogP contribution in [0.25, 0.3) is 12.2 Å². The molecule has 2 heterocycles. The fraction of sp³-hybridized carbons (Fsp3) is 0.222. The molecule has 140 valence electrons. The van der Waals surface area contributed by atoms with Gasteiger partial charge in [-0.3, -0.25) is 14.2 Å². The summed E-state index contributed by atoms with van der Waals surface area (Å²) in [6.45, 7) is 2.47. The number of thiazole rings is 1. The van der Waals surface area contributed by atoms with Crippen LogP contribution in [0.1, 0.15) is 18.2 Å². The molecule has 1 aromatic carbocycles. The van der Waals surface area contributed by atoms with Gasteiger partial charge < -0.3 is 14.9 Å². The first-order chi connectivity index (χ1) is 12.9. The fourth-order valence-corrected chi connectivity index (χ4v) is 3.88. The maximum absolute atomic E-state index is 12.3. The van der Waals surface area contributed by atoms with E-state index in [0.717, 1.165) is 16.6 Å². The van der Waals surface area contributed by atoms with E-state index in [4.69, 9.17) is 22.1 Å². The molecular weight excluding hydrogens is 388 g/mol. The summed E-state index contributed by atoms with van der Waals surface area (Å²) in [5.74, 6) is -0.898. The van der Waals surface area contributed by atoms with Crippen molar-refractivity contribution in [3.63, 3.8) is 0 Å². The summed E-state index contributed by atoms with van der Waals surface area (Å²) in [6, 6.07) is 5.26. The van der Waals surface area contributed by atoms with Gasteiger partial charge in [0, 0.05) is 17.3 Å². The first kappa shape index (κ1) is 19.0. The SMILES string of the molecule is CCOc1ccc2c(c1)=C/C(=C/c1sc(=S)n(CCC(=O)O)c1O)C(=O)N=2. The molecule has 0 spiro atoms. The topological polar surface area (TPSA) is 101 Å². The number of rotatable bonds is 6. The van der Waals surface area contributed by atoms with Crippen LogP contribution in [0.5, 0.6) is 11.6 Å². The van der Waals surface area contributed by atoms with E-state index < -0.39 is 11.9 Å². The van der Waals surface area contributed by atoms with Crippen molar-refractivity contribution in [2.75, 3.05) is 6.61 Å². The van der Waals surface area contributed by atoms with Crippen molar-refractivity contribution >= 4 is 47.6 Å². The maximum Gasteiger partial charge on any atom is 0.305 e. The fourth-order valence-electron chi connectivity index (χ4n) is 2.57. The molecule has 27 heavy (non-hydrogen) atoms. The summed E-state index contributed by atoms with van der Waals surface area (Å²) in [5.41, 5.74) is 0.299. The molecule has 1 amide bonds. The molecule has 0 aliphatic carbocycles. The zero-order valence-electron chi connectivity index (χ0n) is 14.3. The number of carboxylic acid groups (broad SMARTS) is 1. The molecule has 0 saturated carbocycles. The van der Waals surface area contributed by atoms with Crippen molar-refractivity contribution in [1.29, 1.82) is 0 Å². The predicted octanol–water partition coefficient (Wildman–Crippen LogP) is 1.88. The third-order valence-corrected chi connectivity index (χ3v) is 5.21. The summed E-state index contributed by atoms with van der Waals surface area (Å²) < 4.78 is 7.14. The molecule has 7 nitrogen and oxygen atoms in total. The number of benzene rings is 1. The van der Waals surface area contributed by atoms with Crippen LogP contribution in [-0.4, -0.2) is 33.3 Å². The first-order valence-corrected chi connectivity index (χ1v) is 9.35. The highest BCUT2D eigenvalue weighted by Gasteiger charge is 2.16. The van der Waals surface area contributed by atoms with Crippen LogP contribution in [0.2, 0.25) is 0 Å². The van der Waals surface area contributed by atoms with Crippen LogP contribution >= 0.6 is 23.6 Å². The van der Waals surface area contributed by atoms with E-state index in [9.17, 15) is 14.7 Å². The molecule has 0 unspecified atom stereocenters. The number of fused-ring (bicyclic) bond motifs is 1. The second-order valence-electron chi connectivity index (χ2n) is 5.67. The summed E-state index contributed by atoms with van der Waals surface area (Å²) in [7, 11) is 0. The number of carboxylic acids is 1. The summed E-state index contributed by atoms with van der Waals surface area (Å²) >= 11 is 6.28. The highest BCUT2D eigenvalue weighted by atomic mass is 32.1. The standard InChI is InChI=1S/C18H16N2O5S2/c1-2-25-12-3-4-13-10(8-12)7-11(16(23)19-13)9-14-17(24)20(18(26)27-14)6-5-15(21)22/h3-4,7-9,24H,2,5-6H2,1H3,(H,21,22)/b11-9-. The van der Waals surface area contributed by atoms with Gasteiger partial charge in [0.1, 0.15) is 5.75 Å². The van der Waals surface area contributed by atoms with Gasteiger partial charge in [0.2, 0.25) is 5.88 Å². The van der Waals surface area contributed by atoms with Crippen LogP contribution in [0.3, 0.4) is 0 Å². The molecule has 1 aliphatic rings. The number of ether oxygens (including phenoxy) is 1.